The third-order valence-electron chi connectivity index (χ3n) is 6.21. The van der Waals surface area contributed by atoms with Crippen molar-refractivity contribution < 1.29 is 42.8 Å². The average molecular weight is 519 g/mol. The summed E-state index contributed by atoms with van der Waals surface area (Å²) in [5, 5.41) is 0. The van der Waals surface area contributed by atoms with Gasteiger partial charge in [-0.3, -0.25) is 0 Å². The van der Waals surface area contributed by atoms with Crippen LogP contribution in [0.2, 0.25) is 0 Å². The molecule has 38 heavy (non-hydrogen) atoms. The Bertz CT molecular complexity index is 1240. The maximum Gasteiger partial charge on any atom is 0.338 e. The molecule has 2 aliphatic heterocycles. The van der Waals surface area contributed by atoms with Gasteiger partial charge in [-0.1, -0.05) is 54.6 Å². The standard InChI is InChI=1S/C29H26O9/c30-26(20-10-4-1-5-11-20)34-18-23-24(36-27(31)21-12-6-2-7-13-21)25(29(38-23)19-33-16-17-35-29)37-28(32)22-14-8-3-9-15-22/h1-15,23-25H,16-19H2/t23-,24-,25+,29+/m1/s1. The maximum absolute atomic E-state index is 13.1. The van der Waals surface area contributed by atoms with Gasteiger partial charge in [0.1, 0.15) is 19.3 Å². The Hall–Kier alpha value is -4.05. The molecule has 1 spiro atoms. The van der Waals surface area contributed by atoms with E-state index in [9.17, 15) is 14.4 Å². The summed E-state index contributed by atoms with van der Waals surface area (Å²) in [6.07, 6.45) is -3.38. The van der Waals surface area contributed by atoms with E-state index in [4.69, 9.17) is 28.4 Å². The molecule has 0 radical (unpaired) electrons. The van der Waals surface area contributed by atoms with Gasteiger partial charge in [-0.15, -0.1) is 0 Å². The van der Waals surface area contributed by atoms with E-state index in [1.165, 1.54) is 0 Å². The number of carbonyl (C=O) groups excluding carboxylic acids is 3. The normalized spacial score (nSPS) is 24.5. The van der Waals surface area contributed by atoms with Crippen molar-refractivity contribution in [2.75, 3.05) is 26.4 Å². The first-order valence-electron chi connectivity index (χ1n) is 12.2. The smallest absolute Gasteiger partial charge is 0.338 e. The molecule has 4 atom stereocenters. The van der Waals surface area contributed by atoms with Gasteiger partial charge in [-0.25, -0.2) is 14.4 Å². The van der Waals surface area contributed by atoms with Crippen LogP contribution in [-0.4, -0.2) is 68.4 Å². The minimum Gasteiger partial charge on any atom is -0.459 e. The number of hydrogen-bond donors (Lipinski definition) is 0. The molecule has 0 aliphatic carbocycles. The molecule has 2 aliphatic rings. The van der Waals surface area contributed by atoms with Gasteiger partial charge in [0.25, 0.3) is 0 Å². The van der Waals surface area contributed by atoms with Crippen molar-refractivity contribution in [2.24, 2.45) is 0 Å². The van der Waals surface area contributed by atoms with Gasteiger partial charge in [0.2, 0.25) is 5.79 Å². The molecule has 0 saturated carbocycles. The Balaban J connectivity index is 1.43. The minimum absolute atomic E-state index is 0.0811. The highest BCUT2D eigenvalue weighted by atomic mass is 16.8. The molecule has 0 N–H and O–H groups in total. The molecule has 0 unspecified atom stereocenters. The predicted molar refractivity (Wildman–Crippen MR) is 132 cm³/mol. The topological polar surface area (TPSA) is 107 Å². The fourth-order valence-corrected chi connectivity index (χ4v) is 4.36. The summed E-state index contributed by atoms with van der Waals surface area (Å²) in [5.74, 6) is -3.46. The molecular formula is C29H26O9. The van der Waals surface area contributed by atoms with Crippen molar-refractivity contribution in [1.82, 2.24) is 0 Å². The van der Waals surface area contributed by atoms with E-state index in [0.29, 0.717) is 23.3 Å². The Morgan fingerprint density at radius 2 is 1.24 bits per heavy atom. The number of carbonyl (C=O) groups is 3. The van der Waals surface area contributed by atoms with Crippen LogP contribution in [-0.2, 0) is 28.4 Å². The first kappa shape index (κ1) is 25.6. The summed E-state index contributed by atoms with van der Waals surface area (Å²) in [7, 11) is 0. The van der Waals surface area contributed by atoms with Crippen LogP contribution in [0.1, 0.15) is 31.1 Å². The zero-order valence-corrected chi connectivity index (χ0v) is 20.4. The van der Waals surface area contributed by atoms with Gasteiger partial charge in [0, 0.05) is 0 Å². The first-order valence-corrected chi connectivity index (χ1v) is 12.2. The molecular weight excluding hydrogens is 492 g/mol. The largest absolute Gasteiger partial charge is 0.459 e. The lowest BCUT2D eigenvalue weighted by Crippen LogP contribution is -2.54. The summed E-state index contributed by atoms with van der Waals surface area (Å²) in [4.78, 5) is 38.8. The van der Waals surface area contributed by atoms with Crippen molar-refractivity contribution >= 4 is 17.9 Å². The Kier molecular flexibility index (Phi) is 7.78. The summed E-state index contributed by atoms with van der Waals surface area (Å²) < 4.78 is 35.0. The van der Waals surface area contributed by atoms with Crippen molar-refractivity contribution in [3.05, 3.63) is 108 Å². The lowest BCUT2D eigenvalue weighted by molar-refractivity contribution is -0.308. The molecule has 3 aromatic rings. The number of hydrogen-bond acceptors (Lipinski definition) is 9. The molecule has 0 bridgehead atoms. The van der Waals surface area contributed by atoms with E-state index in [1.807, 2.05) is 0 Å². The lowest BCUT2D eigenvalue weighted by Gasteiger charge is -2.36. The van der Waals surface area contributed by atoms with E-state index in [-0.39, 0.29) is 19.8 Å². The second-order valence-corrected chi connectivity index (χ2v) is 8.76. The highest BCUT2D eigenvalue weighted by Crippen LogP contribution is 2.39. The van der Waals surface area contributed by atoms with Crippen LogP contribution in [0.5, 0.6) is 0 Å². The van der Waals surface area contributed by atoms with E-state index >= 15 is 0 Å². The molecule has 9 heteroatoms. The van der Waals surface area contributed by atoms with E-state index in [2.05, 4.69) is 0 Å². The van der Waals surface area contributed by atoms with Crippen molar-refractivity contribution in [3.63, 3.8) is 0 Å². The third-order valence-corrected chi connectivity index (χ3v) is 6.21. The van der Waals surface area contributed by atoms with Gasteiger partial charge >= 0.3 is 17.9 Å². The molecule has 2 saturated heterocycles. The molecule has 5 rings (SSSR count). The zero-order valence-electron chi connectivity index (χ0n) is 20.4. The quantitative estimate of drug-likeness (QED) is 0.343. The molecule has 2 heterocycles. The average Bonchev–Trinajstić information content (AvgIpc) is 3.24. The number of rotatable bonds is 7. The van der Waals surface area contributed by atoms with Crippen molar-refractivity contribution in [1.29, 1.82) is 0 Å². The van der Waals surface area contributed by atoms with Crippen LogP contribution in [0.4, 0.5) is 0 Å². The van der Waals surface area contributed by atoms with Gasteiger partial charge < -0.3 is 28.4 Å². The van der Waals surface area contributed by atoms with E-state index < -0.39 is 42.0 Å². The minimum atomic E-state index is -1.56. The van der Waals surface area contributed by atoms with Crippen molar-refractivity contribution in [3.8, 4) is 0 Å². The van der Waals surface area contributed by atoms with Crippen LogP contribution < -0.4 is 0 Å². The van der Waals surface area contributed by atoms with Gasteiger partial charge in [0.15, 0.2) is 12.2 Å². The Morgan fingerprint density at radius 3 is 1.76 bits per heavy atom. The Morgan fingerprint density at radius 1 is 0.711 bits per heavy atom. The number of esters is 3. The van der Waals surface area contributed by atoms with E-state index in [1.54, 1.807) is 91.0 Å². The first-order chi connectivity index (χ1) is 18.6. The molecule has 2 fully saturated rings. The molecule has 0 aromatic heterocycles. The monoisotopic (exact) mass is 518 g/mol. The maximum atomic E-state index is 13.1. The summed E-state index contributed by atoms with van der Waals surface area (Å²) >= 11 is 0. The fraction of sp³-hybridized carbons (Fsp3) is 0.276. The summed E-state index contributed by atoms with van der Waals surface area (Å²) in [6.45, 7) is 0.106. The van der Waals surface area contributed by atoms with Crippen LogP contribution >= 0.6 is 0 Å². The van der Waals surface area contributed by atoms with Crippen LogP contribution in [0, 0.1) is 0 Å². The zero-order chi connectivity index (χ0) is 26.4. The summed E-state index contributed by atoms with van der Waals surface area (Å²) in [5.41, 5.74) is 0.941. The second kappa shape index (κ2) is 11.6. The van der Waals surface area contributed by atoms with Crippen LogP contribution in [0.25, 0.3) is 0 Å². The fourth-order valence-electron chi connectivity index (χ4n) is 4.36. The second-order valence-electron chi connectivity index (χ2n) is 8.76. The van der Waals surface area contributed by atoms with Gasteiger partial charge in [0.05, 0.1) is 29.9 Å². The Labute approximate surface area is 219 Å². The molecule has 0 amide bonds. The molecule has 3 aromatic carbocycles. The highest BCUT2D eigenvalue weighted by Gasteiger charge is 2.62. The van der Waals surface area contributed by atoms with Crippen LogP contribution in [0.15, 0.2) is 91.0 Å². The van der Waals surface area contributed by atoms with Crippen molar-refractivity contribution in [2.45, 2.75) is 24.1 Å². The van der Waals surface area contributed by atoms with Crippen LogP contribution in [0.3, 0.4) is 0 Å². The number of ether oxygens (including phenoxy) is 6. The molecule has 9 nitrogen and oxygen atoms in total. The van der Waals surface area contributed by atoms with E-state index in [0.717, 1.165) is 0 Å². The SMILES string of the molecule is O=C(OC[C@H]1O[C@@]2(COCCO2)[C@@H](OC(=O)c2ccccc2)[C@@H]1OC(=O)c1ccccc1)c1ccccc1. The lowest BCUT2D eigenvalue weighted by atomic mass is 10.0. The van der Waals surface area contributed by atoms with Gasteiger partial charge in [-0.05, 0) is 36.4 Å². The highest BCUT2D eigenvalue weighted by molar-refractivity contribution is 5.91. The number of benzene rings is 3. The molecule has 196 valence electrons. The summed E-state index contributed by atoms with van der Waals surface area (Å²) in [6, 6.07) is 25.2. The third kappa shape index (κ3) is 5.60. The predicted octanol–water partition coefficient (Wildman–Crippen LogP) is 3.44. The van der Waals surface area contributed by atoms with Gasteiger partial charge in [-0.2, -0.15) is 0 Å².